The van der Waals surface area contributed by atoms with Gasteiger partial charge in [-0.25, -0.2) is 0 Å². The van der Waals surface area contributed by atoms with Crippen LogP contribution < -0.4 is 10.9 Å². The molecule has 4 fully saturated rings. The predicted molar refractivity (Wildman–Crippen MR) is 87.4 cm³/mol. The van der Waals surface area contributed by atoms with Crippen LogP contribution in [0.15, 0.2) is 27.6 Å². The maximum Gasteiger partial charge on any atom is 0.251 e. The third-order valence-electron chi connectivity index (χ3n) is 5.70. The number of pyridine rings is 1. The zero-order valence-electron chi connectivity index (χ0n) is 12.6. The molecule has 1 N–H and O–H groups in total. The van der Waals surface area contributed by atoms with Crippen molar-refractivity contribution < 1.29 is 4.79 Å². The first kappa shape index (κ1) is 14.5. The van der Waals surface area contributed by atoms with Gasteiger partial charge in [0.15, 0.2) is 0 Å². The van der Waals surface area contributed by atoms with E-state index in [0.717, 1.165) is 41.5 Å². The van der Waals surface area contributed by atoms with Crippen LogP contribution in [0.4, 0.5) is 0 Å². The summed E-state index contributed by atoms with van der Waals surface area (Å²) in [6.45, 7) is 0.111. The predicted octanol–water partition coefficient (Wildman–Crippen LogP) is 2.70. The normalized spacial score (nSPS) is 35.6. The van der Waals surface area contributed by atoms with E-state index < -0.39 is 0 Å². The summed E-state index contributed by atoms with van der Waals surface area (Å²) < 4.78 is 2.29. The molecule has 1 heterocycles. The number of hydrogen-bond donors (Lipinski definition) is 1. The van der Waals surface area contributed by atoms with Crippen LogP contribution in [-0.4, -0.2) is 16.0 Å². The largest absolute Gasteiger partial charge is 0.349 e. The van der Waals surface area contributed by atoms with E-state index in [2.05, 4.69) is 21.2 Å². The molecule has 5 rings (SSSR count). The third kappa shape index (κ3) is 2.64. The molecule has 0 atom stereocenters. The Morgan fingerprint density at radius 3 is 2.36 bits per heavy atom. The van der Waals surface area contributed by atoms with Gasteiger partial charge in [0.25, 0.3) is 5.56 Å². The van der Waals surface area contributed by atoms with Crippen LogP contribution in [0.2, 0.25) is 0 Å². The molecule has 4 bridgehead atoms. The molecule has 5 heteroatoms. The molecule has 0 unspecified atom stereocenters. The van der Waals surface area contributed by atoms with E-state index in [1.807, 2.05) is 0 Å². The summed E-state index contributed by atoms with van der Waals surface area (Å²) in [5.41, 5.74) is -0.120. The first-order valence-electron chi connectivity index (χ1n) is 8.18. The van der Waals surface area contributed by atoms with E-state index in [1.54, 1.807) is 12.3 Å². The highest BCUT2D eigenvalue weighted by atomic mass is 79.9. The summed E-state index contributed by atoms with van der Waals surface area (Å²) >= 11 is 3.35. The summed E-state index contributed by atoms with van der Waals surface area (Å²) in [6, 6.07) is 3.19. The zero-order chi connectivity index (χ0) is 15.3. The quantitative estimate of drug-likeness (QED) is 0.896. The van der Waals surface area contributed by atoms with Crippen molar-refractivity contribution in [2.75, 3.05) is 0 Å². The van der Waals surface area contributed by atoms with Gasteiger partial charge < -0.3 is 9.88 Å². The fraction of sp³-hybridized carbons (Fsp3) is 0.647. The summed E-state index contributed by atoms with van der Waals surface area (Å²) in [5, 5.41) is 3.31. The van der Waals surface area contributed by atoms with Crippen LogP contribution in [0.25, 0.3) is 0 Å². The Kier molecular flexibility index (Phi) is 3.44. The van der Waals surface area contributed by atoms with Crippen molar-refractivity contribution in [1.82, 2.24) is 9.88 Å². The average molecular weight is 365 g/mol. The molecule has 4 saturated carbocycles. The molecule has 0 aromatic carbocycles. The Balaban J connectivity index is 1.48. The Hall–Kier alpha value is -1.10. The number of hydrogen-bond acceptors (Lipinski definition) is 2. The molecule has 1 aromatic rings. The van der Waals surface area contributed by atoms with Gasteiger partial charge in [-0.3, -0.25) is 9.59 Å². The van der Waals surface area contributed by atoms with Gasteiger partial charge in [0.05, 0.1) is 0 Å². The van der Waals surface area contributed by atoms with E-state index in [0.29, 0.717) is 0 Å². The lowest BCUT2D eigenvalue weighted by atomic mass is 9.53. The lowest BCUT2D eigenvalue weighted by Crippen LogP contribution is -2.60. The van der Waals surface area contributed by atoms with Gasteiger partial charge in [-0.15, -0.1) is 0 Å². The van der Waals surface area contributed by atoms with E-state index in [4.69, 9.17) is 0 Å². The van der Waals surface area contributed by atoms with Crippen LogP contribution in [0.3, 0.4) is 0 Å². The maximum absolute atomic E-state index is 12.5. The average Bonchev–Trinajstić information content (AvgIpc) is 2.40. The van der Waals surface area contributed by atoms with Crippen molar-refractivity contribution in [2.24, 2.45) is 17.8 Å². The topological polar surface area (TPSA) is 51.1 Å². The van der Waals surface area contributed by atoms with Crippen LogP contribution in [0.5, 0.6) is 0 Å². The summed E-state index contributed by atoms with van der Waals surface area (Å²) in [4.78, 5) is 24.3. The Bertz CT molecular complexity index is 632. The molecule has 22 heavy (non-hydrogen) atoms. The molecule has 1 amide bonds. The molecule has 0 spiro atoms. The van der Waals surface area contributed by atoms with E-state index in [9.17, 15) is 9.59 Å². The fourth-order valence-corrected chi connectivity index (χ4v) is 5.76. The van der Waals surface area contributed by atoms with Gasteiger partial charge in [0, 0.05) is 22.3 Å². The molecular formula is C17H21BrN2O2. The van der Waals surface area contributed by atoms with Crippen LogP contribution in [-0.2, 0) is 11.3 Å². The van der Waals surface area contributed by atoms with E-state index in [1.165, 1.54) is 29.9 Å². The molecule has 4 nitrogen and oxygen atoms in total. The number of nitrogens with one attached hydrogen (secondary N) is 1. The van der Waals surface area contributed by atoms with Crippen molar-refractivity contribution in [1.29, 1.82) is 0 Å². The molecule has 0 saturated heterocycles. The second-order valence-corrected chi connectivity index (χ2v) is 8.48. The first-order valence-corrected chi connectivity index (χ1v) is 8.98. The van der Waals surface area contributed by atoms with Crippen LogP contribution >= 0.6 is 15.9 Å². The summed E-state index contributed by atoms with van der Waals surface area (Å²) in [6.07, 6.45) is 9.18. The standard InChI is InChI=1S/C17H21BrN2O2/c18-14-1-2-16(22)20(9-14)10-15(21)19-17-6-11-3-12(7-17)5-13(4-11)8-17/h1-2,9,11-13H,3-8,10H2,(H,19,21). The van der Waals surface area contributed by atoms with Crippen molar-refractivity contribution >= 4 is 21.8 Å². The third-order valence-corrected chi connectivity index (χ3v) is 6.17. The minimum absolute atomic E-state index is 0.0153. The summed E-state index contributed by atoms with van der Waals surface area (Å²) in [5.74, 6) is 2.39. The Morgan fingerprint density at radius 2 is 1.77 bits per heavy atom. The molecule has 4 aliphatic rings. The maximum atomic E-state index is 12.5. The molecule has 4 aliphatic carbocycles. The van der Waals surface area contributed by atoms with Gasteiger partial charge >= 0.3 is 0 Å². The lowest BCUT2D eigenvalue weighted by molar-refractivity contribution is -0.127. The smallest absolute Gasteiger partial charge is 0.251 e. The fourth-order valence-electron chi connectivity index (χ4n) is 5.38. The van der Waals surface area contributed by atoms with Crippen LogP contribution in [0.1, 0.15) is 38.5 Å². The van der Waals surface area contributed by atoms with Gasteiger partial charge in [-0.2, -0.15) is 0 Å². The van der Waals surface area contributed by atoms with Crippen molar-refractivity contribution in [3.05, 3.63) is 33.2 Å². The zero-order valence-corrected chi connectivity index (χ0v) is 14.1. The number of nitrogens with zero attached hydrogens (tertiary/aromatic N) is 1. The minimum atomic E-state index is -0.135. The Morgan fingerprint density at radius 1 is 1.18 bits per heavy atom. The number of rotatable bonds is 3. The van der Waals surface area contributed by atoms with Crippen molar-refractivity contribution in [2.45, 2.75) is 50.6 Å². The number of carbonyl (C=O) groups is 1. The number of aromatic nitrogens is 1. The second-order valence-electron chi connectivity index (χ2n) is 7.56. The monoisotopic (exact) mass is 364 g/mol. The second kappa shape index (κ2) is 5.22. The highest BCUT2D eigenvalue weighted by Crippen LogP contribution is 2.55. The van der Waals surface area contributed by atoms with Crippen molar-refractivity contribution in [3.63, 3.8) is 0 Å². The SMILES string of the molecule is O=C(Cn1cc(Br)ccc1=O)NC12CC3CC(CC(C3)C1)C2. The molecular weight excluding hydrogens is 344 g/mol. The number of carbonyl (C=O) groups excluding carboxylic acids is 1. The highest BCUT2D eigenvalue weighted by molar-refractivity contribution is 9.10. The molecule has 1 aromatic heterocycles. The van der Waals surface area contributed by atoms with Crippen molar-refractivity contribution in [3.8, 4) is 0 Å². The van der Waals surface area contributed by atoms with Gasteiger partial charge in [0.2, 0.25) is 5.91 Å². The van der Waals surface area contributed by atoms with Gasteiger partial charge in [0.1, 0.15) is 6.54 Å². The lowest BCUT2D eigenvalue weighted by Gasteiger charge is -2.56. The van der Waals surface area contributed by atoms with Crippen LogP contribution in [0, 0.1) is 17.8 Å². The van der Waals surface area contributed by atoms with Gasteiger partial charge in [-0.05, 0) is 78.3 Å². The molecule has 0 aliphatic heterocycles. The number of amides is 1. The highest BCUT2D eigenvalue weighted by Gasteiger charge is 2.51. The Labute approximate surface area is 138 Å². The first-order chi connectivity index (χ1) is 10.5. The van der Waals surface area contributed by atoms with E-state index in [-0.39, 0.29) is 23.6 Å². The van der Waals surface area contributed by atoms with E-state index >= 15 is 0 Å². The minimum Gasteiger partial charge on any atom is -0.349 e. The van der Waals surface area contributed by atoms with Gasteiger partial charge in [-0.1, -0.05) is 0 Å². The molecule has 0 radical (unpaired) electrons. The molecule has 118 valence electrons. The summed E-state index contributed by atoms with van der Waals surface area (Å²) in [7, 11) is 0. The number of halogens is 1.